The normalized spacial score (nSPS) is 13.4. The second kappa shape index (κ2) is 3.53. The Hall–Kier alpha value is -0.830. The number of imidazole rings is 1. The van der Waals surface area contributed by atoms with E-state index in [-0.39, 0.29) is 6.04 Å². The topological polar surface area (TPSA) is 43.8 Å². The van der Waals surface area contributed by atoms with E-state index in [9.17, 15) is 0 Å². The second-order valence-corrected chi connectivity index (χ2v) is 3.05. The van der Waals surface area contributed by atoms with Crippen molar-refractivity contribution in [1.82, 2.24) is 9.55 Å². The molecule has 2 N–H and O–H groups in total. The van der Waals surface area contributed by atoms with Crippen LogP contribution in [0.2, 0.25) is 0 Å². The third kappa shape index (κ3) is 2.72. The predicted octanol–water partition coefficient (Wildman–Crippen LogP) is 0.700. The van der Waals surface area contributed by atoms with E-state index in [2.05, 4.69) is 4.98 Å². The molecule has 3 heteroatoms. The first kappa shape index (κ1) is 8.27. The van der Waals surface area contributed by atoms with Crippen molar-refractivity contribution in [2.24, 2.45) is 12.8 Å². The molecule has 1 aromatic heterocycles. The van der Waals surface area contributed by atoms with Crippen molar-refractivity contribution in [3.63, 3.8) is 0 Å². The molecule has 0 radical (unpaired) electrons. The third-order valence-corrected chi connectivity index (χ3v) is 1.61. The Labute approximate surface area is 67.2 Å². The maximum atomic E-state index is 5.61. The van der Waals surface area contributed by atoms with Crippen LogP contribution in [0.15, 0.2) is 12.5 Å². The van der Waals surface area contributed by atoms with Crippen molar-refractivity contribution in [1.29, 1.82) is 0 Å². The molecule has 0 unspecified atom stereocenters. The highest BCUT2D eigenvalue weighted by Crippen LogP contribution is 2.00. The first-order chi connectivity index (χ1) is 5.18. The van der Waals surface area contributed by atoms with Crippen molar-refractivity contribution in [3.8, 4) is 0 Å². The summed E-state index contributed by atoms with van der Waals surface area (Å²) < 4.78 is 1.95. The van der Waals surface area contributed by atoms with Crippen molar-refractivity contribution in [3.05, 3.63) is 18.2 Å². The van der Waals surface area contributed by atoms with E-state index < -0.39 is 0 Å². The molecule has 1 aromatic rings. The number of nitrogens with zero attached hydrogens (tertiary/aromatic N) is 2. The summed E-state index contributed by atoms with van der Waals surface area (Å²) in [6.45, 7) is 2.02. The lowest BCUT2D eigenvalue weighted by molar-refractivity contribution is 0.659. The van der Waals surface area contributed by atoms with Crippen molar-refractivity contribution in [2.45, 2.75) is 25.8 Å². The molecule has 0 aliphatic carbocycles. The minimum Gasteiger partial charge on any atom is -0.340 e. The molecule has 0 aliphatic rings. The Balaban J connectivity index is 2.39. The summed E-state index contributed by atoms with van der Waals surface area (Å²) >= 11 is 0. The molecule has 1 rings (SSSR count). The van der Waals surface area contributed by atoms with Gasteiger partial charge in [0.15, 0.2) is 0 Å². The number of hydrogen-bond donors (Lipinski definition) is 1. The summed E-state index contributed by atoms with van der Waals surface area (Å²) in [6, 6.07) is 0.275. The zero-order valence-corrected chi connectivity index (χ0v) is 7.12. The third-order valence-electron chi connectivity index (χ3n) is 1.61. The molecule has 11 heavy (non-hydrogen) atoms. The summed E-state index contributed by atoms with van der Waals surface area (Å²) in [4.78, 5) is 4.20. The fourth-order valence-corrected chi connectivity index (χ4v) is 0.972. The van der Waals surface area contributed by atoms with Crippen LogP contribution in [0.4, 0.5) is 0 Å². The van der Waals surface area contributed by atoms with Gasteiger partial charge in [-0.05, 0) is 19.8 Å². The highest BCUT2D eigenvalue weighted by atomic mass is 15.0. The van der Waals surface area contributed by atoms with Crippen LogP contribution in [0.25, 0.3) is 0 Å². The Morgan fingerprint density at radius 3 is 2.91 bits per heavy atom. The van der Waals surface area contributed by atoms with Crippen molar-refractivity contribution < 1.29 is 0 Å². The molecule has 0 spiro atoms. The summed E-state index contributed by atoms with van der Waals surface area (Å²) in [5.74, 6) is 0. The Bertz CT molecular complexity index is 215. The Morgan fingerprint density at radius 1 is 1.73 bits per heavy atom. The van der Waals surface area contributed by atoms with E-state index in [1.54, 1.807) is 0 Å². The average Bonchev–Trinajstić information content (AvgIpc) is 2.31. The average molecular weight is 153 g/mol. The molecule has 0 bridgehead atoms. The van der Waals surface area contributed by atoms with Gasteiger partial charge in [0.25, 0.3) is 0 Å². The minimum atomic E-state index is 0.275. The zero-order chi connectivity index (χ0) is 8.27. The largest absolute Gasteiger partial charge is 0.340 e. The van der Waals surface area contributed by atoms with Crippen LogP contribution in [-0.2, 0) is 13.5 Å². The molecule has 1 heterocycles. The maximum absolute atomic E-state index is 5.61. The van der Waals surface area contributed by atoms with Gasteiger partial charge >= 0.3 is 0 Å². The molecule has 62 valence electrons. The van der Waals surface area contributed by atoms with Crippen LogP contribution in [0.3, 0.4) is 0 Å². The molecular weight excluding hydrogens is 138 g/mol. The monoisotopic (exact) mass is 153 g/mol. The van der Waals surface area contributed by atoms with Crippen molar-refractivity contribution in [2.75, 3.05) is 0 Å². The lowest BCUT2D eigenvalue weighted by atomic mass is 10.2. The molecule has 0 amide bonds. The molecule has 3 nitrogen and oxygen atoms in total. The zero-order valence-electron chi connectivity index (χ0n) is 7.12. The van der Waals surface area contributed by atoms with Gasteiger partial charge in [-0.15, -0.1) is 0 Å². The van der Waals surface area contributed by atoms with Gasteiger partial charge in [-0.25, -0.2) is 4.98 Å². The highest BCUT2D eigenvalue weighted by molar-refractivity contribution is 4.96. The lowest BCUT2D eigenvalue weighted by Gasteiger charge is -2.00. The van der Waals surface area contributed by atoms with E-state index in [4.69, 9.17) is 5.73 Å². The quantitative estimate of drug-likeness (QED) is 0.694. The van der Waals surface area contributed by atoms with E-state index in [0.717, 1.165) is 18.5 Å². The molecule has 0 saturated carbocycles. The van der Waals surface area contributed by atoms with Gasteiger partial charge in [0.2, 0.25) is 0 Å². The summed E-state index contributed by atoms with van der Waals surface area (Å²) in [6.07, 6.45) is 5.84. The summed E-state index contributed by atoms with van der Waals surface area (Å²) in [5, 5.41) is 0. The van der Waals surface area contributed by atoms with E-state index >= 15 is 0 Å². The number of hydrogen-bond acceptors (Lipinski definition) is 2. The van der Waals surface area contributed by atoms with Crippen molar-refractivity contribution >= 4 is 0 Å². The number of nitrogens with two attached hydrogens (primary N) is 1. The molecule has 0 fully saturated rings. The number of aryl methyl sites for hydroxylation is 2. The lowest BCUT2D eigenvalue weighted by Crippen LogP contribution is -2.15. The molecular formula is C8H15N3. The van der Waals surface area contributed by atoms with Gasteiger partial charge in [0.1, 0.15) is 0 Å². The van der Waals surface area contributed by atoms with Crippen LogP contribution in [0.1, 0.15) is 19.0 Å². The molecule has 0 aliphatic heterocycles. The molecule has 0 aromatic carbocycles. The van der Waals surface area contributed by atoms with Crippen LogP contribution >= 0.6 is 0 Å². The summed E-state index contributed by atoms with van der Waals surface area (Å²) in [5.41, 5.74) is 6.74. The predicted molar refractivity (Wildman–Crippen MR) is 45.2 cm³/mol. The van der Waals surface area contributed by atoms with Crippen LogP contribution in [0, 0.1) is 0 Å². The standard InChI is InChI=1S/C8H15N3/c1-7(9)3-4-8-5-11(2)6-10-8/h5-7H,3-4,9H2,1-2H3/t7-/m1/s1. The maximum Gasteiger partial charge on any atom is 0.0946 e. The number of rotatable bonds is 3. The van der Waals surface area contributed by atoms with Crippen LogP contribution in [0.5, 0.6) is 0 Å². The minimum absolute atomic E-state index is 0.275. The van der Waals surface area contributed by atoms with Gasteiger partial charge in [0, 0.05) is 19.3 Å². The van der Waals surface area contributed by atoms with E-state index in [0.29, 0.717) is 0 Å². The number of aromatic nitrogens is 2. The van der Waals surface area contributed by atoms with Crippen LogP contribution < -0.4 is 5.73 Å². The highest BCUT2D eigenvalue weighted by Gasteiger charge is 1.98. The van der Waals surface area contributed by atoms with E-state index in [1.807, 2.05) is 31.1 Å². The van der Waals surface area contributed by atoms with Gasteiger partial charge in [-0.1, -0.05) is 0 Å². The first-order valence-electron chi connectivity index (χ1n) is 3.91. The van der Waals surface area contributed by atoms with Crippen LogP contribution in [-0.4, -0.2) is 15.6 Å². The summed E-state index contributed by atoms with van der Waals surface area (Å²) in [7, 11) is 1.97. The molecule has 0 saturated heterocycles. The SMILES string of the molecule is C[C@@H](N)CCc1cn(C)cn1. The fraction of sp³-hybridized carbons (Fsp3) is 0.625. The Kier molecular flexibility index (Phi) is 2.65. The Morgan fingerprint density at radius 2 is 2.45 bits per heavy atom. The smallest absolute Gasteiger partial charge is 0.0946 e. The second-order valence-electron chi connectivity index (χ2n) is 3.05. The van der Waals surface area contributed by atoms with E-state index in [1.165, 1.54) is 0 Å². The fourth-order valence-electron chi connectivity index (χ4n) is 0.972. The van der Waals surface area contributed by atoms with Gasteiger partial charge in [-0.2, -0.15) is 0 Å². The first-order valence-corrected chi connectivity index (χ1v) is 3.91. The molecule has 1 atom stereocenters. The van der Waals surface area contributed by atoms with Gasteiger partial charge in [0.05, 0.1) is 12.0 Å². The van der Waals surface area contributed by atoms with Gasteiger partial charge in [-0.3, -0.25) is 0 Å². The van der Waals surface area contributed by atoms with Gasteiger partial charge < -0.3 is 10.3 Å².